The molecular weight excluding hydrogens is 174 g/mol. The fourth-order valence-electron chi connectivity index (χ4n) is 2.12. The fourth-order valence-corrected chi connectivity index (χ4v) is 2.12. The van der Waals surface area contributed by atoms with E-state index in [4.69, 9.17) is 0 Å². The number of rotatable bonds is 2. The van der Waals surface area contributed by atoms with E-state index in [1.54, 1.807) is 6.92 Å². The Morgan fingerprint density at radius 2 is 1.93 bits per heavy atom. The summed E-state index contributed by atoms with van der Waals surface area (Å²) in [5.74, 6) is 0.143. The molecule has 2 nitrogen and oxygen atoms in total. The third kappa shape index (κ3) is 1.41. The van der Waals surface area contributed by atoms with Gasteiger partial charge in [0.05, 0.1) is 0 Å². The van der Waals surface area contributed by atoms with E-state index in [2.05, 4.69) is 17.4 Å². The first-order valence-corrected chi connectivity index (χ1v) is 5.07. The number of hydrogen-bond acceptors (Lipinski definition) is 2. The molecule has 0 fully saturated rings. The predicted octanol–water partition coefficient (Wildman–Crippen LogP) is 2.42. The van der Waals surface area contributed by atoms with Gasteiger partial charge < -0.3 is 5.32 Å². The van der Waals surface area contributed by atoms with E-state index >= 15 is 0 Å². The summed E-state index contributed by atoms with van der Waals surface area (Å²) in [5, 5.41) is 3.09. The van der Waals surface area contributed by atoms with Crippen molar-refractivity contribution in [1.29, 1.82) is 0 Å². The maximum Gasteiger partial charge on any atom is 0.161 e. The zero-order chi connectivity index (χ0) is 10.1. The minimum Gasteiger partial charge on any atom is -0.388 e. The van der Waals surface area contributed by atoms with Crippen molar-refractivity contribution < 1.29 is 4.79 Å². The zero-order valence-electron chi connectivity index (χ0n) is 8.68. The van der Waals surface area contributed by atoms with E-state index in [-0.39, 0.29) is 5.78 Å². The van der Waals surface area contributed by atoms with E-state index in [0.717, 1.165) is 24.1 Å². The fraction of sp³-hybridized carbons (Fsp3) is 0.417. The van der Waals surface area contributed by atoms with Gasteiger partial charge in [-0.25, -0.2) is 0 Å². The third-order valence-corrected chi connectivity index (χ3v) is 2.88. The SMILES string of the molecule is CNc1cc2c(cc1C(C)=O)CCC2. The van der Waals surface area contributed by atoms with Crippen molar-refractivity contribution in [3.05, 3.63) is 28.8 Å². The minimum atomic E-state index is 0.143. The predicted molar refractivity (Wildman–Crippen MR) is 58.0 cm³/mol. The third-order valence-electron chi connectivity index (χ3n) is 2.88. The molecule has 1 aromatic carbocycles. The topological polar surface area (TPSA) is 29.1 Å². The summed E-state index contributed by atoms with van der Waals surface area (Å²) in [5.41, 5.74) is 4.56. The molecular formula is C12H15NO. The molecule has 1 aliphatic rings. The van der Waals surface area contributed by atoms with Crippen LogP contribution in [0.15, 0.2) is 12.1 Å². The molecule has 1 aromatic rings. The lowest BCUT2D eigenvalue weighted by Crippen LogP contribution is -2.02. The monoisotopic (exact) mass is 189 g/mol. The van der Waals surface area contributed by atoms with Gasteiger partial charge in [0.2, 0.25) is 0 Å². The number of carbonyl (C=O) groups is 1. The maximum atomic E-state index is 11.4. The van der Waals surface area contributed by atoms with Crippen LogP contribution in [0.2, 0.25) is 0 Å². The minimum absolute atomic E-state index is 0.143. The average molecular weight is 189 g/mol. The van der Waals surface area contributed by atoms with Gasteiger partial charge in [-0.2, -0.15) is 0 Å². The zero-order valence-corrected chi connectivity index (χ0v) is 8.68. The molecule has 0 atom stereocenters. The van der Waals surface area contributed by atoms with Crippen LogP contribution in [0.4, 0.5) is 5.69 Å². The molecule has 74 valence electrons. The first-order valence-electron chi connectivity index (χ1n) is 5.07. The van der Waals surface area contributed by atoms with E-state index < -0.39 is 0 Å². The van der Waals surface area contributed by atoms with Crippen molar-refractivity contribution in [1.82, 2.24) is 0 Å². The van der Waals surface area contributed by atoms with Crippen LogP contribution in [0, 0.1) is 0 Å². The number of ketones is 1. The Bertz CT molecular complexity index is 382. The van der Waals surface area contributed by atoms with Gasteiger partial charge in [-0.05, 0) is 49.4 Å². The summed E-state index contributed by atoms with van der Waals surface area (Å²) in [6.07, 6.45) is 3.50. The molecule has 0 heterocycles. The molecule has 0 bridgehead atoms. The van der Waals surface area contributed by atoms with Gasteiger partial charge in [0.1, 0.15) is 0 Å². The number of anilines is 1. The molecule has 0 saturated carbocycles. The molecule has 0 radical (unpaired) electrons. The summed E-state index contributed by atoms with van der Waals surface area (Å²) in [7, 11) is 1.86. The molecule has 1 aliphatic carbocycles. The number of Topliss-reactive ketones (excluding diaryl/α,β-unsaturated/α-hetero) is 1. The molecule has 1 N–H and O–H groups in total. The summed E-state index contributed by atoms with van der Waals surface area (Å²) >= 11 is 0. The quantitative estimate of drug-likeness (QED) is 0.724. The van der Waals surface area contributed by atoms with Crippen molar-refractivity contribution in [3.63, 3.8) is 0 Å². The lowest BCUT2D eigenvalue weighted by Gasteiger charge is -2.09. The number of hydrogen-bond donors (Lipinski definition) is 1. The van der Waals surface area contributed by atoms with Crippen molar-refractivity contribution in [3.8, 4) is 0 Å². The first kappa shape index (κ1) is 9.25. The summed E-state index contributed by atoms with van der Waals surface area (Å²) in [6, 6.07) is 4.18. The van der Waals surface area contributed by atoms with Crippen LogP contribution in [0.1, 0.15) is 34.8 Å². The second-order valence-electron chi connectivity index (χ2n) is 3.83. The van der Waals surface area contributed by atoms with Crippen LogP contribution in [0.3, 0.4) is 0 Å². The van der Waals surface area contributed by atoms with Crippen molar-refractivity contribution in [2.45, 2.75) is 26.2 Å². The largest absolute Gasteiger partial charge is 0.388 e. The molecule has 0 aliphatic heterocycles. The van der Waals surface area contributed by atoms with E-state index in [1.807, 2.05) is 7.05 Å². The Hall–Kier alpha value is -1.31. The van der Waals surface area contributed by atoms with Gasteiger partial charge >= 0.3 is 0 Å². The molecule has 2 rings (SSSR count). The molecule has 0 unspecified atom stereocenters. The number of nitrogens with one attached hydrogen (secondary N) is 1. The van der Waals surface area contributed by atoms with Crippen molar-refractivity contribution in [2.75, 3.05) is 12.4 Å². The van der Waals surface area contributed by atoms with E-state index in [0.29, 0.717) is 0 Å². The Morgan fingerprint density at radius 1 is 1.29 bits per heavy atom. The molecule has 0 saturated heterocycles. The normalized spacial score (nSPS) is 13.9. The molecule has 0 amide bonds. The van der Waals surface area contributed by atoms with Crippen LogP contribution in [-0.2, 0) is 12.8 Å². The molecule has 0 spiro atoms. The lowest BCUT2D eigenvalue weighted by molar-refractivity contribution is 0.101. The number of benzene rings is 1. The highest BCUT2D eigenvalue weighted by Gasteiger charge is 2.15. The lowest BCUT2D eigenvalue weighted by atomic mass is 10.0. The van der Waals surface area contributed by atoms with Crippen LogP contribution in [-0.4, -0.2) is 12.8 Å². The highest BCUT2D eigenvalue weighted by molar-refractivity contribution is 6.00. The van der Waals surface area contributed by atoms with Gasteiger partial charge in [-0.15, -0.1) is 0 Å². The second-order valence-corrected chi connectivity index (χ2v) is 3.83. The smallest absolute Gasteiger partial charge is 0.161 e. The number of carbonyl (C=O) groups excluding carboxylic acids is 1. The van der Waals surface area contributed by atoms with Crippen LogP contribution in [0.25, 0.3) is 0 Å². The first-order chi connectivity index (χ1) is 6.72. The summed E-state index contributed by atoms with van der Waals surface area (Å²) in [4.78, 5) is 11.4. The van der Waals surface area contributed by atoms with Crippen LogP contribution < -0.4 is 5.32 Å². The Kier molecular flexibility index (Phi) is 2.28. The van der Waals surface area contributed by atoms with Gasteiger partial charge in [0, 0.05) is 18.3 Å². The highest BCUT2D eigenvalue weighted by Crippen LogP contribution is 2.28. The second kappa shape index (κ2) is 3.45. The Balaban J connectivity index is 2.54. The standard InChI is InChI=1S/C12H15NO/c1-8(14)11-6-9-4-3-5-10(9)7-12(11)13-2/h6-7,13H,3-5H2,1-2H3. The van der Waals surface area contributed by atoms with Crippen molar-refractivity contribution in [2.24, 2.45) is 0 Å². The van der Waals surface area contributed by atoms with E-state index in [9.17, 15) is 4.79 Å². The maximum absolute atomic E-state index is 11.4. The van der Waals surface area contributed by atoms with Gasteiger partial charge in [-0.3, -0.25) is 4.79 Å². The van der Waals surface area contributed by atoms with E-state index in [1.165, 1.54) is 17.5 Å². The summed E-state index contributed by atoms with van der Waals surface area (Å²) < 4.78 is 0. The Labute approximate surface area is 84.3 Å². The molecule has 0 aromatic heterocycles. The van der Waals surface area contributed by atoms with Gasteiger partial charge in [0.15, 0.2) is 5.78 Å². The number of fused-ring (bicyclic) bond motifs is 1. The highest BCUT2D eigenvalue weighted by atomic mass is 16.1. The molecule has 14 heavy (non-hydrogen) atoms. The van der Waals surface area contributed by atoms with Crippen LogP contribution >= 0.6 is 0 Å². The average Bonchev–Trinajstić information content (AvgIpc) is 2.62. The summed E-state index contributed by atoms with van der Waals surface area (Å²) in [6.45, 7) is 1.62. The van der Waals surface area contributed by atoms with Gasteiger partial charge in [-0.1, -0.05) is 0 Å². The van der Waals surface area contributed by atoms with Crippen molar-refractivity contribution >= 4 is 11.5 Å². The van der Waals surface area contributed by atoms with Gasteiger partial charge in [0.25, 0.3) is 0 Å². The number of aryl methyl sites for hydroxylation is 2. The molecule has 2 heteroatoms. The van der Waals surface area contributed by atoms with Crippen LogP contribution in [0.5, 0.6) is 0 Å². The Morgan fingerprint density at radius 3 is 2.50 bits per heavy atom.